The van der Waals surface area contributed by atoms with E-state index in [1.54, 1.807) is 0 Å². The number of hydrogen-bond acceptors (Lipinski definition) is 2. The maximum absolute atomic E-state index is 5.10. The molecule has 0 spiro atoms. The first-order valence-corrected chi connectivity index (χ1v) is 5.49. The lowest BCUT2D eigenvalue weighted by Gasteiger charge is -2.18. The molecule has 1 rings (SSSR count). The zero-order valence-electron chi connectivity index (χ0n) is 5.76. The van der Waals surface area contributed by atoms with Crippen molar-refractivity contribution in [3.8, 4) is 0 Å². The van der Waals surface area contributed by atoms with Gasteiger partial charge in [-0.3, -0.25) is 0 Å². The SMILES string of the molecule is CC=C[SiH]1CCCON1. The van der Waals surface area contributed by atoms with Gasteiger partial charge in [0.25, 0.3) is 0 Å². The summed E-state index contributed by atoms with van der Waals surface area (Å²) in [6, 6.07) is 1.34. The van der Waals surface area contributed by atoms with Crippen LogP contribution in [0.5, 0.6) is 0 Å². The Morgan fingerprint density at radius 1 is 1.67 bits per heavy atom. The predicted molar refractivity (Wildman–Crippen MR) is 40.5 cm³/mol. The van der Waals surface area contributed by atoms with E-state index in [-0.39, 0.29) is 0 Å². The Morgan fingerprint density at radius 3 is 3.11 bits per heavy atom. The molecule has 1 fully saturated rings. The van der Waals surface area contributed by atoms with Crippen LogP contribution in [-0.2, 0) is 4.84 Å². The van der Waals surface area contributed by atoms with Crippen molar-refractivity contribution in [1.82, 2.24) is 5.15 Å². The Hall–Kier alpha value is -0.123. The molecule has 52 valence electrons. The molecule has 1 aliphatic heterocycles. The quantitative estimate of drug-likeness (QED) is 0.547. The molecule has 1 N–H and O–H groups in total. The average Bonchev–Trinajstić information content (AvgIpc) is 1.91. The van der Waals surface area contributed by atoms with Crippen LogP contribution >= 0.6 is 0 Å². The van der Waals surface area contributed by atoms with Gasteiger partial charge in [-0.1, -0.05) is 11.8 Å². The number of hydrogen-bond donors (Lipinski definition) is 1. The minimum atomic E-state index is -0.779. The van der Waals surface area contributed by atoms with Gasteiger partial charge in [0, 0.05) is 0 Å². The Morgan fingerprint density at radius 2 is 2.56 bits per heavy atom. The van der Waals surface area contributed by atoms with Crippen molar-refractivity contribution in [1.29, 1.82) is 0 Å². The zero-order chi connectivity index (χ0) is 6.53. The standard InChI is InChI=1S/C6H13NOSi/c1-2-5-9-6-3-4-8-7-9/h2,5,7,9H,3-4,6H2,1H3. The third-order valence-corrected chi connectivity index (χ3v) is 3.77. The summed E-state index contributed by atoms with van der Waals surface area (Å²) in [6.45, 7) is 2.95. The van der Waals surface area contributed by atoms with E-state index in [1.165, 1.54) is 12.5 Å². The fraction of sp³-hybridized carbons (Fsp3) is 0.667. The van der Waals surface area contributed by atoms with Gasteiger partial charge in [-0.25, -0.2) is 5.15 Å². The second-order valence-corrected chi connectivity index (χ2v) is 4.65. The molecule has 0 radical (unpaired) electrons. The largest absolute Gasteiger partial charge is 0.309 e. The van der Waals surface area contributed by atoms with Crippen molar-refractivity contribution in [2.45, 2.75) is 19.4 Å². The van der Waals surface area contributed by atoms with Gasteiger partial charge in [0.1, 0.15) is 0 Å². The third kappa shape index (κ3) is 2.30. The molecule has 1 aliphatic rings. The molecular weight excluding hydrogens is 130 g/mol. The van der Waals surface area contributed by atoms with Crippen LogP contribution in [-0.4, -0.2) is 15.6 Å². The van der Waals surface area contributed by atoms with Crippen molar-refractivity contribution in [3.63, 3.8) is 0 Å². The predicted octanol–water partition coefficient (Wildman–Crippen LogP) is 0.750. The highest BCUT2D eigenvalue weighted by Crippen LogP contribution is 2.02. The van der Waals surface area contributed by atoms with E-state index in [0.29, 0.717) is 0 Å². The summed E-state index contributed by atoms with van der Waals surface area (Å²) in [5.74, 6) is 0. The molecule has 0 aliphatic carbocycles. The monoisotopic (exact) mass is 143 g/mol. The van der Waals surface area contributed by atoms with Crippen LogP contribution < -0.4 is 5.15 Å². The molecular formula is C6H13NOSi. The van der Waals surface area contributed by atoms with Gasteiger partial charge in [-0.2, -0.15) is 0 Å². The molecule has 0 aromatic carbocycles. The lowest BCUT2D eigenvalue weighted by atomic mass is 10.5. The van der Waals surface area contributed by atoms with Crippen LogP contribution in [0.4, 0.5) is 0 Å². The fourth-order valence-electron chi connectivity index (χ4n) is 0.968. The first-order valence-electron chi connectivity index (χ1n) is 3.43. The molecule has 1 atom stereocenters. The van der Waals surface area contributed by atoms with E-state index < -0.39 is 8.96 Å². The highest BCUT2D eigenvalue weighted by Gasteiger charge is 2.10. The molecule has 0 aromatic heterocycles. The molecule has 1 saturated heterocycles. The number of nitrogens with one attached hydrogen (secondary N) is 1. The normalized spacial score (nSPS) is 29.2. The summed E-state index contributed by atoms with van der Waals surface area (Å²) in [7, 11) is -0.779. The van der Waals surface area contributed by atoms with Crippen molar-refractivity contribution in [2.75, 3.05) is 6.61 Å². The van der Waals surface area contributed by atoms with Crippen molar-refractivity contribution in [2.24, 2.45) is 0 Å². The van der Waals surface area contributed by atoms with Gasteiger partial charge in [0.2, 0.25) is 0 Å². The van der Waals surface area contributed by atoms with Gasteiger partial charge in [0.15, 0.2) is 8.96 Å². The highest BCUT2D eigenvalue weighted by atomic mass is 28.3. The van der Waals surface area contributed by atoms with Gasteiger partial charge >= 0.3 is 0 Å². The van der Waals surface area contributed by atoms with Gasteiger partial charge in [0.05, 0.1) is 6.61 Å². The molecule has 1 heterocycles. The molecule has 2 nitrogen and oxygen atoms in total. The summed E-state index contributed by atoms with van der Waals surface area (Å²) in [5, 5.41) is 3.07. The van der Waals surface area contributed by atoms with Gasteiger partial charge < -0.3 is 4.84 Å². The summed E-state index contributed by atoms with van der Waals surface area (Å²) in [4.78, 5) is 5.10. The Kier molecular flexibility index (Phi) is 2.97. The first-order chi connectivity index (χ1) is 4.43. The molecule has 0 aromatic rings. The van der Waals surface area contributed by atoms with E-state index in [2.05, 4.69) is 23.8 Å². The highest BCUT2D eigenvalue weighted by molar-refractivity contribution is 6.61. The van der Waals surface area contributed by atoms with Crippen molar-refractivity contribution < 1.29 is 4.84 Å². The van der Waals surface area contributed by atoms with E-state index in [1.807, 2.05) is 0 Å². The summed E-state index contributed by atoms with van der Waals surface area (Å²) < 4.78 is 0. The van der Waals surface area contributed by atoms with E-state index in [4.69, 9.17) is 4.84 Å². The molecule has 1 unspecified atom stereocenters. The topological polar surface area (TPSA) is 21.3 Å². The van der Waals surface area contributed by atoms with Crippen LogP contribution in [0.1, 0.15) is 13.3 Å². The van der Waals surface area contributed by atoms with Crippen molar-refractivity contribution >= 4 is 8.96 Å². The lowest BCUT2D eigenvalue weighted by molar-refractivity contribution is 0.0788. The lowest BCUT2D eigenvalue weighted by Crippen LogP contribution is -2.36. The third-order valence-electron chi connectivity index (χ3n) is 1.42. The van der Waals surface area contributed by atoms with Gasteiger partial charge in [-0.05, 0) is 19.4 Å². The van der Waals surface area contributed by atoms with E-state index in [9.17, 15) is 0 Å². The second-order valence-electron chi connectivity index (χ2n) is 2.24. The number of allylic oxidation sites excluding steroid dienone is 1. The van der Waals surface area contributed by atoms with Crippen LogP contribution in [0.3, 0.4) is 0 Å². The fourth-order valence-corrected chi connectivity index (χ4v) is 2.76. The summed E-state index contributed by atoms with van der Waals surface area (Å²) in [5.41, 5.74) is 2.26. The molecule has 0 amide bonds. The average molecular weight is 143 g/mol. The molecule has 0 saturated carbocycles. The maximum atomic E-state index is 5.10. The van der Waals surface area contributed by atoms with E-state index in [0.717, 1.165) is 6.61 Å². The second kappa shape index (κ2) is 3.82. The summed E-state index contributed by atoms with van der Waals surface area (Å²) in [6.07, 6.45) is 3.34. The molecule has 0 bridgehead atoms. The molecule has 3 heteroatoms. The minimum Gasteiger partial charge on any atom is -0.309 e. The van der Waals surface area contributed by atoms with Crippen molar-refractivity contribution in [3.05, 3.63) is 11.8 Å². The molecule has 9 heavy (non-hydrogen) atoms. The Balaban J connectivity index is 2.23. The minimum absolute atomic E-state index is 0.779. The van der Waals surface area contributed by atoms with Crippen LogP contribution in [0.2, 0.25) is 6.04 Å². The van der Waals surface area contributed by atoms with Crippen LogP contribution in [0, 0.1) is 0 Å². The zero-order valence-corrected chi connectivity index (χ0v) is 6.92. The summed E-state index contributed by atoms with van der Waals surface area (Å²) >= 11 is 0. The number of rotatable bonds is 1. The smallest absolute Gasteiger partial charge is 0.164 e. The van der Waals surface area contributed by atoms with Crippen LogP contribution in [0.25, 0.3) is 0 Å². The van der Waals surface area contributed by atoms with E-state index >= 15 is 0 Å². The Labute approximate surface area is 57.5 Å². The van der Waals surface area contributed by atoms with Gasteiger partial charge in [-0.15, -0.1) is 0 Å². The Bertz CT molecular complexity index is 99.2. The first kappa shape index (κ1) is 6.99. The maximum Gasteiger partial charge on any atom is 0.164 e. The van der Waals surface area contributed by atoms with Crippen LogP contribution in [0.15, 0.2) is 11.8 Å².